The standard InChI is InChI=1S/C23H20FN9O/c1-32-19(3-6-27-32)29-23-26-5-2-18(28-23)16-10-20-30-31-22-15(4-7-34-21(11-16)33(20)22)8-14-9-17(24)13-25-12-14/h2-3,5-6,9-13,15H,4,7-8H2,1H3,(H,26,28,29). The highest BCUT2D eigenvalue weighted by atomic mass is 19.1. The molecule has 1 aliphatic rings. The maximum Gasteiger partial charge on any atom is 0.228 e. The van der Waals surface area contributed by atoms with Gasteiger partial charge in [0.1, 0.15) is 17.5 Å². The number of aromatic nitrogens is 8. The van der Waals surface area contributed by atoms with E-state index >= 15 is 0 Å². The first-order chi connectivity index (χ1) is 16.6. The number of rotatable bonds is 5. The first-order valence-corrected chi connectivity index (χ1v) is 10.8. The highest BCUT2D eigenvalue weighted by Crippen LogP contribution is 2.33. The number of nitrogens with zero attached hydrogens (tertiary/aromatic N) is 8. The number of aryl methyl sites for hydroxylation is 1. The van der Waals surface area contributed by atoms with Crippen LogP contribution >= 0.6 is 0 Å². The van der Waals surface area contributed by atoms with Crippen molar-refractivity contribution in [1.82, 2.24) is 39.3 Å². The Labute approximate surface area is 193 Å². The molecule has 5 aromatic heterocycles. The van der Waals surface area contributed by atoms with Gasteiger partial charge < -0.3 is 10.1 Å². The molecule has 5 aromatic rings. The number of nitrogens with one attached hydrogen (secondary N) is 1. The highest BCUT2D eigenvalue weighted by molar-refractivity contribution is 5.67. The summed E-state index contributed by atoms with van der Waals surface area (Å²) < 4.78 is 23.3. The first-order valence-electron chi connectivity index (χ1n) is 10.8. The van der Waals surface area contributed by atoms with Crippen LogP contribution in [-0.2, 0) is 13.5 Å². The fourth-order valence-corrected chi connectivity index (χ4v) is 4.20. The lowest BCUT2D eigenvalue weighted by Gasteiger charge is -2.12. The van der Waals surface area contributed by atoms with Crippen LogP contribution in [0.5, 0.6) is 5.88 Å². The Kier molecular flexibility index (Phi) is 4.86. The minimum Gasteiger partial charge on any atom is -0.478 e. The molecule has 0 aliphatic carbocycles. The van der Waals surface area contributed by atoms with Crippen LogP contribution < -0.4 is 10.1 Å². The van der Waals surface area contributed by atoms with Crippen LogP contribution in [0.1, 0.15) is 23.7 Å². The van der Waals surface area contributed by atoms with Gasteiger partial charge in [-0.05, 0) is 36.6 Å². The molecule has 1 unspecified atom stereocenters. The number of hydrogen-bond acceptors (Lipinski definition) is 8. The van der Waals surface area contributed by atoms with Gasteiger partial charge >= 0.3 is 0 Å². The largest absolute Gasteiger partial charge is 0.478 e. The smallest absolute Gasteiger partial charge is 0.228 e. The van der Waals surface area contributed by atoms with Crippen LogP contribution in [0, 0.1) is 5.82 Å². The number of pyridine rings is 2. The van der Waals surface area contributed by atoms with Gasteiger partial charge in [0, 0.05) is 43.1 Å². The second-order valence-electron chi connectivity index (χ2n) is 8.11. The van der Waals surface area contributed by atoms with Crippen molar-refractivity contribution in [2.75, 3.05) is 11.9 Å². The molecule has 0 saturated heterocycles. The molecule has 170 valence electrons. The van der Waals surface area contributed by atoms with Crippen LogP contribution in [0.4, 0.5) is 16.2 Å². The maximum atomic E-state index is 13.6. The molecule has 34 heavy (non-hydrogen) atoms. The quantitative estimate of drug-likeness (QED) is 0.428. The number of hydrogen-bond donors (Lipinski definition) is 1. The summed E-state index contributed by atoms with van der Waals surface area (Å²) in [5.41, 5.74) is 3.03. The van der Waals surface area contributed by atoms with Gasteiger partial charge in [-0.15, -0.1) is 10.2 Å². The van der Waals surface area contributed by atoms with E-state index in [1.165, 1.54) is 12.3 Å². The zero-order valence-corrected chi connectivity index (χ0v) is 18.3. The Hall–Kier alpha value is -4.41. The Morgan fingerprint density at radius 1 is 1.15 bits per heavy atom. The second-order valence-corrected chi connectivity index (χ2v) is 8.11. The summed E-state index contributed by atoms with van der Waals surface area (Å²) in [6.45, 7) is 0.506. The Morgan fingerprint density at radius 3 is 2.94 bits per heavy atom. The predicted octanol–water partition coefficient (Wildman–Crippen LogP) is 3.31. The van der Waals surface area contributed by atoms with Gasteiger partial charge in [0.25, 0.3) is 0 Å². The van der Waals surface area contributed by atoms with Crippen molar-refractivity contribution in [2.45, 2.75) is 18.8 Å². The van der Waals surface area contributed by atoms with E-state index in [1.807, 2.05) is 35.7 Å². The maximum absolute atomic E-state index is 13.6. The van der Waals surface area contributed by atoms with E-state index < -0.39 is 0 Å². The molecule has 0 bridgehead atoms. The second kappa shape index (κ2) is 8.18. The minimum absolute atomic E-state index is 0.0273. The summed E-state index contributed by atoms with van der Waals surface area (Å²) >= 11 is 0. The van der Waals surface area contributed by atoms with Crippen LogP contribution in [-0.4, -0.2) is 45.9 Å². The lowest BCUT2D eigenvalue weighted by atomic mass is 9.96. The molecule has 0 aromatic carbocycles. The Morgan fingerprint density at radius 2 is 2.09 bits per heavy atom. The van der Waals surface area contributed by atoms with E-state index in [4.69, 9.17) is 4.74 Å². The summed E-state index contributed by atoms with van der Waals surface area (Å²) in [7, 11) is 1.84. The molecule has 0 spiro atoms. The summed E-state index contributed by atoms with van der Waals surface area (Å²) in [4.78, 5) is 12.9. The molecule has 10 nitrogen and oxygen atoms in total. The third kappa shape index (κ3) is 3.70. The predicted molar refractivity (Wildman–Crippen MR) is 121 cm³/mol. The van der Waals surface area contributed by atoms with Gasteiger partial charge in [-0.2, -0.15) is 5.10 Å². The number of ether oxygens (including phenoxy) is 1. The van der Waals surface area contributed by atoms with E-state index in [9.17, 15) is 4.39 Å². The van der Waals surface area contributed by atoms with Crippen LogP contribution in [0.3, 0.4) is 0 Å². The number of anilines is 2. The fourth-order valence-electron chi connectivity index (χ4n) is 4.20. The van der Waals surface area contributed by atoms with Crippen molar-refractivity contribution in [1.29, 1.82) is 0 Å². The summed E-state index contributed by atoms with van der Waals surface area (Å²) in [5, 5.41) is 16.2. The van der Waals surface area contributed by atoms with Crippen molar-refractivity contribution >= 4 is 17.4 Å². The molecule has 0 fully saturated rings. The topological polar surface area (TPSA) is 108 Å². The van der Waals surface area contributed by atoms with Crippen molar-refractivity contribution in [2.24, 2.45) is 7.05 Å². The van der Waals surface area contributed by atoms with E-state index in [0.29, 0.717) is 30.5 Å². The first kappa shape index (κ1) is 20.2. The average Bonchev–Trinajstić information content (AvgIpc) is 3.40. The molecule has 0 amide bonds. The molecule has 1 N–H and O–H groups in total. The van der Waals surface area contributed by atoms with Gasteiger partial charge in [-0.25, -0.2) is 18.8 Å². The summed E-state index contributed by atoms with van der Waals surface area (Å²) in [5.74, 6) is 2.36. The summed E-state index contributed by atoms with van der Waals surface area (Å²) in [6, 6.07) is 9.04. The van der Waals surface area contributed by atoms with E-state index in [0.717, 1.165) is 34.9 Å². The number of halogens is 1. The molecular weight excluding hydrogens is 437 g/mol. The molecule has 0 radical (unpaired) electrons. The van der Waals surface area contributed by atoms with Crippen molar-refractivity contribution in [3.8, 4) is 17.1 Å². The summed E-state index contributed by atoms with van der Waals surface area (Å²) in [6.07, 6.45) is 7.62. The molecule has 0 saturated carbocycles. The Bertz CT molecular complexity index is 1500. The third-order valence-corrected chi connectivity index (χ3v) is 5.83. The van der Waals surface area contributed by atoms with Crippen molar-refractivity contribution < 1.29 is 9.13 Å². The van der Waals surface area contributed by atoms with E-state index in [1.54, 1.807) is 23.3 Å². The molecule has 1 atom stereocenters. The fraction of sp³-hybridized carbons (Fsp3) is 0.217. The molecule has 11 heteroatoms. The molecule has 1 aliphatic heterocycles. The van der Waals surface area contributed by atoms with Crippen LogP contribution in [0.2, 0.25) is 0 Å². The van der Waals surface area contributed by atoms with Gasteiger partial charge in [-0.3, -0.25) is 9.67 Å². The van der Waals surface area contributed by atoms with Gasteiger partial charge in [0.15, 0.2) is 5.65 Å². The molecule has 6 rings (SSSR count). The van der Waals surface area contributed by atoms with Crippen molar-refractivity contribution in [3.63, 3.8) is 0 Å². The monoisotopic (exact) mass is 457 g/mol. The third-order valence-electron chi connectivity index (χ3n) is 5.83. The zero-order valence-electron chi connectivity index (χ0n) is 18.3. The lowest BCUT2D eigenvalue weighted by Crippen LogP contribution is -2.08. The highest BCUT2D eigenvalue weighted by Gasteiger charge is 2.25. The minimum atomic E-state index is -0.346. The average molecular weight is 457 g/mol. The van der Waals surface area contributed by atoms with Gasteiger partial charge in [0.05, 0.1) is 24.7 Å². The lowest BCUT2D eigenvalue weighted by molar-refractivity contribution is 0.296. The zero-order chi connectivity index (χ0) is 23.1. The van der Waals surface area contributed by atoms with Gasteiger partial charge in [0.2, 0.25) is 11.8 Å². The van der Waals surface area contributed by atoms with Crippen molar-refractivity contribution in [3.05, 3.63) is 72.3 Å². The van der Waals surface area contributed by atoms with E-state index in [2.05, 4.69) is 35.6 Å². The van der Waals surface area contributed by atoms with E-state index in [-0.39, 0.29) is 11.7 Å². The normalized spacial score (nSPS) is 15.2. The SMILES string of the molecule is Cn1nccc1Nc1nccc(-c2cc3n4c(nnc4c2)C(Cc2cncc(F)c2)CCO3)n1. The molecule has 6 heterocycles. The van der Waals surface area contributed by atoms with Gasteiger partial charge in [-0.1, -0.05) is 0 Å². The van der Waals surface area contributed by atoms with Crippen LogP contribution in [0.25, 0.3) is 16.9 Å². The Balaban J connectivity index is 1.34. The molecular formula is C23H20FN9O. The van der Waals surface area contributed by atoms with Crippen LogP contribution in [0.15, 0.2) is 55.1 Å².